The van der Waals surface area contributed by atoms with Gasteiger partial charge in [-0.15, -0.1) is 11.6 Å². The molecule has 0 atom stereocenters. The largest absolute Gasteiger partial charge is 0.207 e. The summed E-state index contributed by atoms with van der Waals surface area (Å²) in [6, 6.07) is 1.23. The fourth-order valence-corrected chi connectivity index (χ4v) is 0.980. The van der Waals surface area contributed by atoms with Crippen molar-refractivity contribution in [1.82, 2.24) is 0 Å². The summed E-state index contributed by atoms with van der Waals surface area (Å²) in [6.07, 6.45) is 1.14. The van der Waals surface area contributed by atoms with Crippen molar-refractivity contribution < 1.29 is 13.2 Å². The van der Waals surface area contributed by atoms with Gasteiger partial charge in [-0.05, 0) is 0 Å². The summed E-state index contributed by atoms with van der Waals surface area (Å²) in [5.74, 6) is -2.82. The van der Waals surface area contributed by atoms with Crippen LogP contribution in [0.5, 0.6) is 0 Å². The Kier molecular flexibility index (Phi) is 2.98. The lowest BCUT2D eigenvalue weighted by atomic mass is 10.1. The van der Waals surface area contributed by atoms with Crippen LogP contribution in [0.1, 0.15) is 5.56 Å². The van der Waals surface area contributed by atoms with Gasteiger partial charge in [-0.2, -0.15) is 0 Å². The number of benzene rings is 1. The van der Waals surface area contributed by atoms with E-state index in [-0.39, 0.29) is 11.4 Å². The van der Waals surface area contributed by atoms with E-state index >= 15 is 0 Å². The number of alkyl halides is 1. The molecular formula is C8H5ClF3. The number of hydrogen-bond donors (Lipinski definition) is 0. The maximum atomic E-state index is 12.7. The highest BCUT2D eigenvalue weighted by Gasteiger charge is 2.10. The van der Waals surface area contributed by atoms with Crippen molar-refractivity contribution >= 4 is 11.6 Å². The zero-order valence-corrected chi connectivity index (χ0v) is 6.71. The van der Waals surface area contributed by atoms with Crippen LogP contribution in [0, 0.1) is 23.9 Å². The van der Waals surface area contributed by atoms with Crippen molar-refractivity contribution in [2.45, 2.75) is 0 Å². The molecule has 1 aromatic rings. The fraction of sp³-hybridized carbons (Fsp3) is 0.125. The van der Waals surface area contributed by atoms with Crippen LogP contribution in [0.15, 0.2) is 12.1 Å². The second-order valence-electron chi connectivity index (χ2n) is 2.14. The highest BCUT2D eigenvalue weighted by molar-refractivity contribution is 6.18. The smallest absolute Gasteiger partial charge is 0.132 e. The maximum absolute atomic E-state index is 12.7. The molecule has 1 rings (SSSR count). The van der Waals surface area contributed by atoms with E-state index in [1.807, 2.05) is 0 Å². The molecular weight excluding hydrogens is 189 g/mol. The molecule has 1 aromatic carbocycles. The van der Waals surface area contributed by atoms with Crippen LogP contribution >= 0.6 is 11.6 Å². The average molecular weight is 194 g/mol. The number of halogens is 4. The van der Waals surface area contributed by atoms with E-state index in [4.69, 9.17) is 11.6 Å². The normalized spacial score (nSPS) is 10.3. The van der Waals surface area contributed by atoms with Crippen LogP contribution in [-0.2, 0) is 0 Å². The van der Waals surface area contributed by atoms with Gasteiger partial charge in [0.05, 0.1) is 0 Å². The van der Waals surface area contributed by atoms with Gasteiger partial charge in [-0.1, -0.05) is 0 Å². The van der Waals surface area contributed by atoms with Crippen molar-refractivity contribution in [3.63, 3.8) is 0 Å². The molecule has 0 aliphatic heterocycles. The molecule has 0 saturated carbocycles. The van der Waals surface area contributed by atoms with Crippen LogP contribution in [0.3, 0.4) is 0 Å². The predicted molar refractivity (Wildman–Crippen MR) is 40.4 cm³/mol. The standard InChI is InChI=1S/C8H5ClF3/c9-2-1-6-7(11)3-5(10)4-8(6)12/h1,3-4H,2H2. The Bertz CT molecular complexity index is 263. The molecule has 0 bridgehead atoms. The third-order valence-corrected chi connectivity index (χ3v) is 1.48. The predicted octanol–water partition coefficient (Wildman–Crippen LogP) is 2.90. The molecule has 0 unspecified atom stereocenters. The third kappa shape index (κ3) is 1.91. The molecule has 1 radical (unpaired) electrons. The lowest BCUT2D eigenvalue weighted by Gasteiger charge is -2.01. The first-order valence-corrected chi connectivity index (χ1v) is 3.72. The Labute approximate surface area is 73.0 Å². The summed E-state index contributed by atoms with van der Waals surface area (Å²) >= 11 is 5.24. The van der Waals surface area contributed by atoms with Gasteiger partial charge in [-0.25, -0.2) is 13.2 Å². The first-order valence-electron chi connectivity index (χ1n) is 3.19. The van der Waals surface area contributed by atoms with Crippen molar-refractivity contribution in [3.05, 3.63) is 41.6 Å². The summed E-state index contributed by atoms with van der Waals surface area (Å²) in [6.45, 7) is 0. The molecule has 12 heavy (non-hydrogen) atoms. The molecule has 0 N–H and O–H groups in total. The molecule has 0 aliphatic rings. The van der Waals surface area contributed by atoms with E-state index in [1.165, 1.54) is 0 Å². The van der Waals surface area contributed by atoms with Gasteiger partial charge in [0.15, 0.2) is 0 Å². The fourth-order valence-electron chi connectivity index (χ4n) is 0.826. The third-order valence-electron chi connectivity index (χ3n) is 1.33. The van der Waals surface area contributed by atoms with Gasteiger partial charge in [0.25, 0.3) is 0 Å². The first-order chi connectivity index (χ1) is 5.65. The van der Waals surface area contributed by atoms with Gasteiger partial charge >= 0.3 is 0 Å². The summed E-state index contributed by atoms with van der Waals surface area (Å²) in [5.41, 5.74) is -0.286. The zero-order chi connectivity index (χ0) is 9.14. The Morgan fingerprint density at radius 2 is 1.67 bits per heavy atom. The lowest BCUT2D eigenvalue weighted by Crippen LogP contribution is -1.96. The van der Waals surface area contributed by atoms with Crippen LogP contribution in [0.25, 0.3) is 0 Å². The molecule has 0 spiro atoms. The van der Waals surface area contributed by atoms with Crippen molar-refractivity contribution in [1.29, 1.82) is 0 Å². The van der Waals surface area contributed by atoms with Crippen LogP contribution in [0.2, 0.25) is 0 Å². The SMILES string of the molecule is Fc1cc(F)c([CH]CCl)c(F)c1. The van der Waals surface area contributed by atoms with Crippen molar-refractivity contribution in [3.8, 4) is 0 Å². The minimum absolute atomic E-state index is 0.0144. The van der Waals surface area contributed by atoms with Crippen LogP contribution < -0.4 is 0 Å². The molecule has 0 aromatic heterocycles. The Balaban J connectivity index is 3.10. The zero-order valence-electron chi connectivity index (χ0n) is 5.95. The van der Waals surface area contributed by atoms with E-state index in [0.29, 0.717) is 12.1 Å². The molecule has 0 amide bonds. The summed E-state index contributed by atoms with van der Waals surface area (Å²) < 4.78 is 37.8. The highest BCUT2D eigenvalue weighted by atomic mass is 35.5. The van der Waals surface area contributed by atoms with E-state index in [0.717, 1.165) is 6.42 Å². The van der Waals surface area contributed by atoms with Crippen molar-refractivity contribution in [2.24, 2.45) is 0 Å². The molecule has 0 nitrogen and oxygen atoms in total. The molecule has 0 fully saturated rings. The van der Waals surface area contributed by atoms with Gasteiger partial charge in [0.2, 0.25) is 0 Å². The lowest BCUT2D eigenvalue weighted by molar-refractivity contribution is 0.535. The topological polar surface area (TPSA) is 0 Å². The van der Waals surface area contributed by atoms with E-state index in [2.05, 4.69) is 0 Å². The molecule has 4 heteroatoms. The van der Waals surface area contributed by atoms with E-state index in [9.17, 15) is 13.2 Å². The molecule has 0 saturated heterocycles. The molecule has 0 heterocycles. The maximum Gasteiger partial charge on any atom is 0.132 e. The van der Waals surface area contributed by atoms with Crippen LogP contribution in [0.4, 0.5) is 13.2 Å². The quantitative estimate of drug-likeness (QED) is 0.634. The monoisotopic (exact) mass is 193 g/mol. The first kappa shape index (κ1) is 9.39. The van der Waals surface area contributed by atoms with Gasteiger partial charge in [0.1, 0.15) is 17.5 Å². The van der Waals surface area contributed by atoms with E-state index in [1.54, 1.807) is 0 Å². The average Bonchev–Trinajstić information content (AvgIpc) is 1.96. The number of hydrogen-bond acceptors (Lipinski definition) is 0. The summed E-state index contributed by atoms with van der Waals surface area (Å²) in [4.78, 5) is 0. The molecule has 0 aliphatic carbocycles. The minimum Gasteiger partial charge on any atom is -0.207 e. The van der Waals surface area contributed by atoms with Gasteiger partial charge in [-0.3, -0.25) is 0 Å². The van der Waals surface area contributed by atoms with Gasteiger partial charge < -0.3 is 0 Å². The Hall–Kier alpha value is -0.700. The molecule has 65 valence electrons. The second-order valence-corrected chi connectivity index (χ2v) is 2.45. The Morgan fingerprint density at radius 3 is 2.08 bits per heavy atom. The summed E-state index contributed by atoms with van der Waals surface area (Å²) in [7, 11) is 0. The van der Waals surface area contributed by atoms with Gasteiger partial charge in [0, 0.05) is 30.0 Å². The second kappa shape index (κ2) is 3.81. The van der Waals surface area contributed by atoms with E-state index < -0.39 is 17.5 Å². The number of rotatable bonds is 2. The van der Waals surface area contributed by atoms with Crippen molar-refractivity contribution in [2.75, 3.05) is 5.88 Å². The van der Waals surface area contributed by atoms with Crippen LogP contribution in [-0.4, -0.2) is 5.88 Å². The Morgan fingerprint density at radius 1 is 1.17 bits per heavy atom. The summed E-state index contributed by atoms with van der Waals surface area (Å²) in [5, 5.41) is 0. The minimum atomic E-state index is -0.937. The highest BCUT2D eigenvalue weighted by Crippen LogP contribution is 2.16.